The molecule has 30 heavy (non-hydrogen) atoms. The van der Waals surface area contributed by atoms with Gasteiger partial charge in [0.05, 0.1) is 30.3 Å². The van der Waals surface area contributed by atoms with Crippen LogP contribution in [0.15, 0.2) is 63.5 Å². The van der Waals surface area contributed by atoms with Crippen molar-refractivity contribution >= 4 is 41.3 Å². The molecular formula is C22H27IN4O2S. The minimum Gasteiger partial charge on any atom is -0.443 e. The van der Waals surface area contributed by atoms with Crippen molar-refractivity contribution in [3.05, 3.63) is 65.4 Å². The lowest BCUT2D eigenvalue weighted by Gasteiger charge is -2.21. The molecule has 0 radical (unpaired) electrons. The zero-order valence-electron chi connectivity index (χ0n) is 17.0. The fraction of sp³-hybridized carbons (Fsp3) is 0.364. The van der Waals surface area contributed by atoms with Crippen LogP contribution < -0.4 is 5.32 Å². The van der Waals surface area contributed by atoms with Gasteiger partial charge in [0.15, 0.2) is 5.96 Å². The highest BCUT2D eigenvalue weighted by Gasteiger charge is 2.25. The quantitative estimate of drug-likeness (QED) is 0.270. The SMILES string of the molecule is CN=C(NCc1coc(-c2cccs2)n1)N1CCC(COCc2ccccc2)C1.I. The zero-order chi connectivity index (χ0) is 19.9. The largest absolute Gasteiger partial charge is 0.443 e. The molecule has 1 atom stereocenters. The number of rotatable bonds is 7. The summed E-state index contributed by atoms with van der Waals surface area (Å²) < 4.78 is 11.5. The van der Waals surface area contributed by atoms with Gasteiger partial charge in [0, 0.05) is 26.1 Å². The highest BCUT2D eigenvalue weighted by atomic mass is 127. The van der Waals surface area contributed by atoms with Gasteiger partial charge in [-0.25, -0.2) is 4.98 Å². The molecule has 160 valence electrons. The number of benzene rings is 1. The number of ether oxygens (including phenoxy) is 1. The predicted molar refractivity (Wildman–Crippen MR) is 131 cm³/mol. The van der Waals surface area contributed by atoms with Gasteiger partial charge >= 0.3 is 0 Å². The number of aromatic nitrogens is 1. The highest BCUT2D eigenvalue weighted by Crippen LogP contribution is 2.23. The van der Waals surface area contributed by atoms with E-state index < -0.39 is 0 Å². The van der Waals surface area contributed by atoms with Crippen LogP contribution in [0.25, 0.3) is 10.8 Å². The van der Waals surface area contributed by atoms with E-state index in [2.05, 4.69) is 32.3 Å². The average Bonchev–Trinajstić information content (AvgIpc) is 3.51. The summed E-state index contributed by atoms with van der Waals surface area (Å²) in [6, 6.07) is 14.3. The molecule has 0 bridgehead atoms. The van der Waals surface area contributed by atoms with Crippen LogP contribution >= 0.6 is 35.3 Å². The van der Waals surface area contributed by atoms with Crippen molar-refractivity contribution in [1.29, 1.82) is 0 Å². The predicted octanol–water partition coefficient (Wildman–Crippen LogP) is 4.64. The lowest BCUT2D eigenvalue weighted by Crippen LogP contribution is -2.39. The van der Waals surface area contributed by atoms with Crippen molar-refractivity contribution in [2.45, 2.75) is 19.6 Å². The molecule has 1 N–H and O–H groups in total. The maximum Gasteiger partial charge on any atom is 0.236 e. The first-order chi connectivity index (χ1) is 14.3. The van der Waals surface area contributed by atoms with Crippen LogP contribution in [-0.4, -0.2) is 42.6 Å². The van der Waals surface area contributed by atoms with E-state index in [4.69, 9.17) is 9.15 Å². The number of hydrogen-bond donors (Lipinski definition) is 1. The van der Waals surface area contributed by atoms with Gasteiger partial charge < -0.3 is 19.4 Å². The summed E-state index contributed by atoms with van der Waals surface area (Å²) in [5.74, 6) is 2.09. The Morgan fingerprint density at radius 2 is 2.17 bits per heavy atom. The monoisotopic (exact) mass is 538 g/mol. The van der Waals surface area contributed by atoms with Crippen LogP contribution in [0, 0.1) is 5.92 Å². The van der Waals surface area contributed by atoms with Gasteiger partial charge in [-0.15, -0.1) is 35.3 Å². The second-order valence-electron chi connectivity index (χ2n) is 7.12. The Morgan fingerprint density at radius 1 is 1.30 bits per heavy atom. The van der Waals surface area contributed by atoms with Gasteiger partial charge in [-0.05, 0) is 23.4 Å². The molecule has 3 aromatic rings. The molecule has 6 nitrogen and oxygen atoms in total. The summed E-state index contributed by atoms with van der Waals surface area (Å²) in [6.45, 7) is 3.97. The molecule has 1 aliphatic heterocycles. The Labute approximate surface area is 198 Å². The second kappa shape index (κ2) is 11.5. The molecule has 1 aliphatic rings. The number of oxazole rings is 1. The summed E-state index contributed by atoms with van der Waals surface area (Å²) in [7, 11) is 1.82. The maximum absolute atomic E-state index is 5.92. The van der Waals surface area contributed by atoms with Crippen molar-refractivity contribution in [2.24, 2.45) is 10.9 Å². The van der Waals surface area contributed by atoms with E-state index in [1.54, 1.807) is 17.6 Å². The number of hydrogen-bond acceptors (Lipinski definition) is 5. The topological polar surface area (TPSA) is 62.9 Å². The van der Waals surface area contributed by atoms with Gasteiger partial charge in [0.25, 0.3) is 0 Å². The number of thiophene rings is 1. The van der Waals surface area contributed by atoms with E-state index in [9.17, 15) is 0 Å². The molecule has 0 amide bonds. The lowest BCUT2D eigenvalue weighted by molar-refractivity contribution is 0.0906. The van der Waals surface area contributed by atoms with Crippen LogP contribution in [0.5, 0.6) is 0 Å². The van der Waals surface area contributed by atoms with Crippen molar-refractivity contribution in [2.75, 3.05) is 26.7 Å². The molecule has 3 heterocycles. The van der Waals surface area contributed by atoms with Crippen LogP contribution in [0.2, 0.25) is 0 Å². The number of halogens is 1. The third-order valence-electron chi connectivity index (χ3n) is 4.97. The lowest BCUT2D eigenvalue weighted by atomic mass is 10.1. The summed E-state index contributed by atoms with van der Waals surface area (Å²) in [5.41, 5.74) is 2.09. The molecule has 8 heteroatoms. The van der Waals surface area contributed by atoms with Crippen LogP contribution in [0.3, 0.4) is 0 Å². The molecule has 0 saturated carbocycles. The van der Waals surface area contributed by atoms with Crippen LogP contribution in [0.4, 0.5) is 0 Å². The van der Waals surface area contributed by atoms with E-state index in [0.717, 1.165) is 42.6 Å². The van der Waals surface area contributed by atoms with Crippen molar-refractivity contribution in [3.8, 4) is 10.8 Å². The Balaban J connectivity index is 0.00000256. The Hall–Kier alpha value is -1.91. The maximum atomic E-state index is 5.92. The fourth-order valence-corrected chi connectivity index (χ4v) is 4.14. The van der Waals surface area contributed by atoms with Gasteiger partial charge in [0.1, 0.15) is 6.26 Å². The van der Waals surface area contributed by atoms with E-state index in [1.807, 2.05) is 42.8 Å². The molecule has 1 fully saturated rings. The van der Waals surface area contributed by atoms with Crippen molar-refractivity contribution in [1.82, 2.24) is 15.2 Å². The third kappa shape index (κ3) is 6.05. The third-order valence-corrected chi connectivity index (χ3v) is 5.83. The van der Waals surface area contributed by atoms with Gasteiger partial charge in [-0.3, -0.25) is 4.99 Å². The minimum atomic E-state index is 0. The number of likely N-dealkylation sites (tertiary alicyclic amines) is 1. The first kappa shape index (κ1) is 22.8. The highest BCUT2D eigenvalue weighted by molar-refractivity contribution is 14.0. The van der Waals surface area contributed by atoms with E-state index in [-0.39, 0.29) is 24.0 Å². The molecule has 1 saturated heterocycles. The summed E-state index contributed by atoms with van der Waals surface area (Å²) in [4.78, 5) is 12.3. The minimum absolute atomic E-state index is 0. The summed E-state index contributed by atoms with van der Waals surface area (Å²) >= 11 is 1.62. The molecular weight excluding hydrogens is 511 g/mol. The normalized spacial score (nSPS) is 16.5. The van der Waals surface area contributed by atoms with Gasteiger partial charge in [-0.1, -0.05) is 36.4 Å². The van der Waals surface area contributed by atoms with Gasteiger partial charge in [-0.2, -0.15) is 0 Å². The standard InChI is InChI=1S/C22H26N4O2S.HI/c1-23-22(24-12-19-16-28-21(25-19)20-8-5-11-29-20)26-10-9-18(13-26)15-27-14-17-6-3-2-4-7-17;/h2-8,11,16,18H,9-10,12-15H2,1H3,(H,23,24);1H. The van der Waals surface area contributed by atoms with Crippen molar-refractivity contribution in [3.63, 3.8) is 0 Å². The van der Waals surface area contributed by atoms with E-state index >= 15 is 0 Å². The summed E-state index contributed by atoms with van der Waals surface area (Å²) in [6.07, 6.45) is 2.82. The first-order valence-corrected chi connectivity index (χ1v) is 10.8. The Kier molecular flexibility index (Phi) is 8.71. The zero-order valence-corrected chi connectivity index (χ0v) is 20.1. The first-order valence-electron chi connectivity index (χ1n) is 9.87. The number of nitrogens with zero attached hydrogens (tertiary/aromatic N) is 3. The molecule has 2 aromatic heterocycles. The second-order valence-corrected chi connectivity index (χ2v) is 8.07. The Morgan fingerprint density at radius 3 is 2.93 bits per heavy atom. The smallest absolute Gasteiger partial charge is 0.236 e. The molecule has 0 spiro atoms. The van der Waals surface area contributed by atoms with E-state index in [0.29, 0.717) is 25.0 Å². The molecule has 0 aliphatic carbocycles. The van der Waals surface area contributed by atoms with Crippen LogP contribution in [0.1, 0.15) is 17.7 Å². The number of aliphatic imine (C=N–C) groups is 1. The fourth-order valence-electron chi connectivity index (χ4n) is 3.48. The average molecular weight is 538 g/mol. The molecule has 1 aromatic carbocycles. The van der Waals surface area contributed by atoms with Crippen molar-refractivity contribution < 1.29 is 9.15 Å². The summed E-state index contributed by atoms with van der Waals surface area (Å²) in [5, 5.41) is 5.43. The Bertz CT molecular complexity index is 914. The number of guanidine groups is 1. The van der Waals surface area contributed by atoms with Gasteiger partial charge in [0.2, 0.25) is 5.89 Å². The number of nitrogens with one attached hydrogen (secondary N) is 1. The molecule has 1 unspecified atom stereocenters. The van der Waals surface area contributed by atoms with Crippen LogP contribution in [-0.2, 0) is 17.9 Å². The van der Waals surface area contributed by atoms with E-state index in [1.165, 1.54) is 5.56 Å². The molecule has 4 rings (SSSR count).